The number of fused-ring (bicyclic) bond motifs is 1. The van der Waals surface area contributed by atoms with Crippen molar-refractivity contribution in [2.75, 3.05) is 25.1 Å². The molecule has 8 heteroatoms. The van der Waals surface area contributed by atoms with Crippen LogP contribution in [0, 0.1) is 5.82 Å². The van der Waals surface area contributed by atoms with Gasteiger partial charge in [0, 0.05) is 0 Å². The van der Waals surface area contributed by atoms with E-state index in [-0.39, 0.29) is 16.7 Å². The van der Waals surface area contributed by atoms with E-state index in [9.17, 15) is 9.18 Å². The maximum atomic E-state index is 13.8. The van der Waals surface area contributed by atoms with Gasteiger partial charge in [0.1, 0.15) is 28.8 Å². The van der Waals surface area contributed by atoms with Gasteiger partial charge in [0.2, 0.25) is 0 Å². The number of carbonyl (C=O) groups is 1. The molecule has 0 atom stereocenters. The molecule has 5 nitrogen and oxygen atoms in total. The molecule has 0 N–H and O–H groups in total. The van der Waals surface area contributed by atoms with Gasteiger partial charge in [0.05, 0.1) is 29.9 Å². The van der Waals surface area contributed by atoms with Crippen molar-refractivity contribution in [2.24, 2.45) is 0 Å². The number of benzene rings is 2. The zero-order chi connectivity index (χ0) is 18.3. The van der Waals surface area contributed by atoms with Crippen LogP contribution in [0.3, 0.4) is 0 Å². The molecule has 0 spiro atoms. The molecule has 2 aromatic carbocycles. The van der Waals surface area contributed by atoms with E-state index in [1.165, 1.54) is 18.2 Å². The molecule has 2 heterocycles. The van der Waals surface area contributed by atoms with Crippen molar-refractivity contribution >= 4 is 44.3 Å². The topological polar surface area (TPSA) is 51.7 Å². The highest BCUT2D eigenvalue weighted by Crippen LogP contribution is 2.36. The summed E-state index contributed by atoms with van der Waals surface area (Å²) in [7, 11) is 1.61. The zero-order valence-corrected chi connectivity index (χ0v) is 15.3. The van der Waals surface area contributed by atoms with Crippen molar-refractivity contribution in [1.82, 2.24) is 4.98 Å². The number of rotatable bonds is 4. The molecule has 1 aliphatic heterocycles. The van der Waals surface area contributed by atoms with E-state index in [1.54, 1.807) is 18.4 Å². The normalized spacial score (nSPS) is 14.3. The number of ether oxygens (including phenoxy) is 2. The molecule has 1 saturated heterocycles. The second-order valence-corrected chi connectivity index (χ2v) is 7.25. The average Bonchev–Trinajstić information content (AvgIpc) is 3.01. The minimum absolute atomic E-state index is 0.0458. The number of methoxy groups -OCH3 is 1. The summed E-state index contributed by atoms with van der Waals surface area (Å²) in [4.78, 5) is 18.8. The molecule has 0 unspecified atom stereocenters. The standard InChI is InChI=1S/C18H14ClFN2O3S/c1-24-13-6-3-7-14-16(13)21-18(26-14)22-8-10(9-22)25-17(23)15-11(19)4-2-5-12(15)20/h2-7,10H,8-9H2,1H3. The van der Waals surface area contributed by atoms with Gasteiger partial charge >= 0.3 is 5.97 Å². The summed E-state index contributed by atoms with van der Waals surface area (Å²) >= 11 is 7.44. The van der Waals surface area contributed by atoms with Gasteiger partial charge in [-0.1, -0.05) is 35.1 Å². The number of aromatic nitrogens is 1. The Kier molecular flexibility index (Phi) is 4.42. The summed E-state index contributed by atoms with van der Waals surface area (Å²) in [6.07, 6.45) is -0.327. The molecule has 1 fully saturated rings. The summed E-state index contributed by atoms with van der Waals surface area (Å²) in [5.41, 5.74) is 0.589. The molecule has 26 heavy (non-hydrogen) atoms. The van der Waals surface area contributed by atoms with E-state index in [4.69, 9.17) is 21.1 Å². The Morgan fingerprint density at radius 2 is 2.08 bits per heavy atom. The van der Waals surface area contributed by atoms with Crippen LogP contribution in [0.15, 0.2) is 36.4 Å². The molecule has 0 saturated carbocycles. The van der Waals surface area contributed by atoms with Gasteiger partial charge in [-0.25, -0.2) is 14.2 Å². The van der Waals surface area contributed by atoms with Crippen LogP contribution in [0.1, 0.15) is 10.4 Å². The maximum absolute atomic E-state index is 13.8. The van der Waals surface area contributed by atoms with Crippen molar-refractivity contribution < 1.29 is 18.7 Å². The molecular weight excluding hydrogens is 379 g/mol. The van der Waals surface area contributed by atoms with Crippen molar-refractivity contribution in [3.63, 3.8) is 0 Å². The number of anilines is 1. The predicted molar refractivity (Wildman–Crippen MR) is 99.0 cm³/mol. The Hall–Kier alpha value is -2.38. The Bertz CT molecular complexity index is 967. The highest BCUT2D eigenvalue weighted by atomic mass is 35.5. The van der Waals surface area contributed by atoms with E-state index in [2.05, 4.69) is 4.98 Å². The molecule has 1 aliphatic rings. The lowest BCUT2D eigenvalue weighted by Gasteiger charge is -2.38. The number of carbonyl (C=O) groups excluding carboxylic acids is 1. The molecule has 0 radical (unpaired) electrons. The summed E-state index contributed by atoms with van der Waals surface area (Å²) in [5, 5.41) is 0.880. The highest BCUT2D eigenvalue weighted by molar-refractivity contribution is 7.22. The second kappa shape index (κ2) is 6.74. The van der Waals surface area contributed by atoms with Gasteiger partial charge < -0.3 is 14.4 Å². The van der Waals surface area contributed by atoms with E-state index >= 15 is 0 Å². The van der Waals surface area contributed by atoms with Gasteiger partial charge in [-0.15, -0.1) is 0 Å². The summed E-state index contributed by atoms with van der Waals surface area (Å²) in [6, 6.07) is 9.86. The Morgan fingerprint density at radius 1 is 1.31 bits per heavy atom. The molecule has 0 bridgehead atoms. The summed E-state index contributed by atoms with van der Waals surface area (Å²) in [5.74, 6) is -0.705. The molecule has 134 valence electrons. The van der Waals surface area contributed by atoms with Gasteiger partial charge in [0.15, 0.2) is 5.13 Å². The molecule has 1 aromatic heterocycles. The summed E-state index contributed by atoms with van der Waals surface area (Å²) < 4.78 is 25.5. The number of esters is 1. The third-order valence-electron chi connectivity index (χ3n) is 4.15. The number of nitrogens with zero attached hydrogens (tertiary/aromatic N) is 2. The Morgan fingerprint density at radius 3 is 2.81 bits per heavy atom. The van der Waals surface area contributed by atoms with Crippen LogP contribution in [0.4, 0.5) is 9.52 Å². The minimum atomic E-state index is -0.747. The minimum Gasteiger partial charge on any atom is -0.494 e. The third kappa shape index (κ3) is 2.97. The van der Waals surface area contributed by atoms with E-state index < -0.39 is 11.8 Å². The third-order valence-corrected chi connectivity index (χ3v) is 5.55. The molecule has 0 aliphatic carbocycles. The largest absolute Gasteiger partial charge is 0.494 e. The van der Waals surface area contributed by atoms with Gasteiger partial charge in [-0.3, -0.25) is 0 Å². The van der Waals surface area contributed by atoms with Crippen LogP contribution >= 0.6 is 22.9 Å². The number of para-hydroxylation sites is 1. The van der Waals surface area contributed by atoms with E-state index in [0.29, 0.717) is 13.1 Å². The fourth-order valence-electron chi connectivity index (χ4n) is 2.78. The van der Waals surface area contributed by atoms with Crippen LogP contribution in [-0.4, -0.2) is 37.3 Å². The van der Waals surface area contributed by atoms with Crippen molar-refractivity contribution in [1.29, 1.82) is 0 Å². The molecule has 0 amide bonds. The first kappa shape index (κ1) is 17.1. The number of hydrogen-bond donors (Lipinski definition) is 0. The van der Waals surface area contributed by atoms with Crippen molar-refractivity contribution in [3.8, 4) is 5.75 Å². The lowest BCUT2D eigenvalue weighted by molar-refractivity contribution is 0.0229. The molecular formula is C18H14ClFN2O3S. The SMILES string of the molecule is COc1cccc2sc(N3CC(OC(=O)c4c(F)cccc4Cl)C3)nc12. The number of hydrogen-bond acceptors (Lipinski definition) is 6. The monoisotopic (exact) mass is 392 g/mol. The zero-order valence-electron chi connectivity index (χ0n) is 13.7. The lowest BCUT2D eigenvalue weighted by atomic mass is 10.1. The van der Waals surface area contributed by atoms with Crippen LogP contribution in [0.5, 0.6) is 5.75 Å². The van der Waals surface area contributed by atoms with Gasteiger partial charge in [-0.05, 0) is 24.3 Å². The van der Waals surface area contributed by atoms with Crippen molar-refractivity contribution in [2.45, 2.75) is 6.10 Å². The van der Waals surface area contributed by atoms with Crippen LogP contribution < -0.4 is 9.64 Å². The fraction of sp³-hybridized carbons (Fsp3) is 0.222. The van der Waals surface area contributed by atoms with E-state index in [1.807, 2.05) is 23.1 Å². The van der Waals surface area contributed by atoms with Crippen LogP contribution in [-0.2, 0) is 4.74 Å². The second-order valence-electron chi connectivity index (χ2n) is 5.83. The van der Waals surface area contributed by atoms with E-state index in [0.717, 1.165) is 21.1 Å². The Balaban J connectivity index is 1.44. The first-order valence-electron chi connectivity index (χ1n) is 7.90. The highest BCUT2D eigenvalue weighted by Gasteiger charge is 2.33. The first-order valence-corrected chi connectivity index (χ1v) is 9.09. The van der Waals surface area contributed by atoms with Gasteiger partial charge in [0.25, 0.3) is 0 Å². The van der Waals surface area contributed by atoms with Crippen LogP contribution in [0.2, 0.25) is 5.02 Å². The number of thiazole rings is 1. The first-order chi connectivity index (χ1) is 12.6. The molecule has 4 rings (SSSR count). The molecule has 3 aromatic rings. The maximum Gasteiger partial charge on any atom is 0.343 e. The predicted octanol–water partition coefficient (Wildman–Crippen LogP) is 4.14. The fourth-order valence-corrected chi connectivity index (χ4v) is 4.03. The average molecular weight is 393 g/mol. The van der Waals surface area contributed by atoms with Crippen LogP contribution in [0.25, 0.3) is 10.2 Å². The number of halogens is 2. The van der Waals surface area contributed by atoms with Crippen molar-refractivity contribution in [3.05, 3.63) is 52.8 Å². The lowest BCUT2D eigenvalue weighted by Crippen LogP contribution is -2.53. The van der Waals surface area contributed by atoms with Gasteiger partial charge in [-0.2, -0.15) is 0 Å². The smallest absolute Gasteiger partial charge is 0.343 e. The Labute approximate surface area is 157 Å². The summed E-state index contributed by atoms with van der Waals surface area (Å²) in [6.45, 7) is 1.000. The quantitative estimate of drug-likeness (QED) is 0.624.